The summed E-state index contributed by atoms with van der Waals surface area (Å²) in [6.07, 6.45) is 6.76. The lowest BCUT2D eigenvalue weighted by Gasteiger charge is -2.27. The van der Waals surface area contributed by atoms with Crippen LogP contribution in [0.25, 0.3) is 0 Å². The highest BCUT2D eigenvalue weighted by Gasteiger charge is 2.24. The quantitative estimate of drug-likeness (QED) is 0.874. The molecule has 1 aromatic heterocycles. The molecule has 116 valence electrons. The zero-order valence-electron chi connectivity index (χ0n) is 12.8. The fourth-order valence-electron chi connectivity index (χ4n) is 3.32. The van der Waals surface area contributed by atoms with Crippen molar-refractivity contribution in [2.75, 3.05) is 0 Å². The van der Waals surface area contributed by atoms with Crippen molar-refractivity contribution in [1.29, 1.82) is 0 Å². The molecule has 0 aliphatic heterocycles. The van der Waals surface area contributed by atoms with Gasteiger partial charge in [0.05, 0.1) is 6.42 Å². The third-order valence-corrected chi connectivity index (χ3v) is 4.50. The smallest absolute Gasteiger partial charge is 0.308 e. The van der Waals surface area contributed by atoms with E-state index in [1.807, 2.05) is 0 Å². The molecule has 0 spiro atoms. The maximum absolute atomic E-state index is 12.0. The first-order chi connectivity index (χ1) is 10.0. The molecule has 1 heterocycles. The zero-order valence-corrected chi connectivity index (χ0v) is 12.8. The van der Waals surface area contributed by atoms with Crippen LogP contribution in [0.4, 0.5) is 0 Å². The molecule has 0 aromatic carbocycles. The highest BCUT2D eigenvalue weighted by atomic mass is 16.4. The molecular formula is C16H24N2O3. The number of hydrogen-bond acceptors (Lipinski definition) is 3. The van der Waals surface area contributed by atoms with Gasteiger partial charge in [-0.3, -0.25) is 9.59 Å². The van der Waals surface area contributed by atoms with Gasteiger partial charge in [0.1, 0.15) is 5.82 Å². The first kappa shape index (κ1) is 15.7. The van der Waals surface area contributed by atoms with Crippen LogP contribution in [0.3, 0.4) is 0 Å². The summed E-state index contributed by atoms with van der Waals surface area (Å²) < 4.78 is 0. The Kier molecular flexibility index (Phi) is 5.15. The summed E-state index contributed by atoms with van der Waals surface area (Å²) in [6, 6.07) is 0. The van der Waals surface area contributed by atoms with Gasteiger partial charge in [-0.05, 0) is 38.5 Å². The van der Waals surface area contributed by atoms with Gasteiger partial charge in [0.15, 0.2) is 0 Å². The van der Waals surface area contributed by atoms with Crippen molar-refractivity contribution in [3.8, 4) is 0 Å². The van der Waals surface area contributed by atoms with E-state index >= 15 is 0 Å². The molecular weight excluding hydrogens is 268 g/mol. The van der Waals surface area contributed by atoms with Gasteiger partial charge in [-0.15, -0.1) is 0 Å². The fourth-order valence-corrected chi connectivity index (χ4v) is 3.32. The Bertz CT molecular complexity index is 557. The number of nitrogens with one attached hydrogen (secondary N) is 1. The van der Waals surface area contributed by atoms with E-state index in [0.717, 1.165) is 24.6 Å². The molecule has 0 atom stereocenters. The normalized spacial score (nSPS) is 22.2. The minimum Gasteiger partial charge on any atom is -0.481 e. The van der Waals surface area contributed by atoms with Crippen molar-refractivity contribution < 1.29 is 9.90 Å². The summed E-state index contributed by atoms with van der Waals surface area (Å²) in [5.74, 6) is 0.855. The second-order valence-corrected chi connectivity index (χ2v) is 6.09. The van der Waals surface area contributed by atoms with E-state index < -0.39 is 5.97 Å². The van der Waals surface area contributed by atoms with Gasteiger partial charge in [-0.25, -0.2) is 4.98 Å². The average molecular weight is 292 g/mol. The van der Waals surface area contributed by atoms with Gasteiger partial charge < -0.3 is 10.1 Å². The predicted molar refractivity (Wildman–Crippen MR) is 80.5 cm³/mol. The number of aromatic nitrogens is 2. The van der Waals surface area contributed by atoms with E-state index in [1.54, 1.807) is 6.92 Å². The highest BCUT2D eigenvalue weighted by Crippen LogP contribution is 2.35. The third kappa shape index (κ3) is 3.93. The van der Waals surface area contributed by atoms with E-state index in [2.05, 4.69) is 16.9 Å². The molecule has 5 nitrogen and oxygen atoms in total. The van der Waals surface area contributed by atoms with Crippen molar-refractivity contribution in [3.63, 3.8) is 0 Å². The minimum atomic E-state index is -1.00. The van der Waals surface area contributed by atoms with Crippen LogP contribution in [0.2, 0.25) is 0 Å². The number of hydrogen-bond donors (Lipinski definition) is 2. The summed E-state index contributed by atoms with van der Waals surface area (Å²) in [7, 11) is 0. The molecule has 1 aromatic rings. The van der Waals surface area contributed by atoms with Crippen LogP contribution >= 0.6 is 0 Å². The summed E-state index contributed by atoms with van der Waals surface area (Å²) >= 11 is 0. The molecule has 1 saturated carbocycles. The second-order valence-electron chi connectivity index (χ2n) is 6.09. The zero-order chi connectivity index (χ0) is 15.4. The van der Waals surface area contributed by atoms with Gasteiger partial charge >= 0.3 is 5.97 Å². The number of carboxylic acid groups (broad SMARTS) is 1. The van der Waals surface area contributed by atoms with E-state index in [4.69, 9.17) is 5.11 Å². The second kappa shape index (κ2) is 6.87. The lowest BCUT2D eigenvalue weighted by Crippen LogP contribution is -2.24. The Hall–Kier alpha value is -1.65. The maximum atomic E-state index is 12.0. The van der Waals surface area contributed by atoms with Crippen molar-refractivity contribution in [2.24, 2.45) is 5.92 Å². The molecule has 0 saturated heterocycles. The SMILES string of the molecule is CCCC1CCC(c2nc(C)c(CC(=O)O)c(=O)[nH]2)CC1. The van der Waals surface area contributed by atoms with Crippen molar-refractivity contribution in [3.05, 3.63) is 27.4 Å². The molecule has 1 aliphatic carbocycles. The van der Waals surface area contributed by atoms with E-state index in [9.17, 15) is 9.59 Å². The Morgan fingerprint density at radius 3 is 2.52 bits per heavy atom. The molecule has 1 aliphatic rings. The number of aromatic amines is 1. The van der Waals surface area contributed by atoms with E-state index in [-0.39, 0.29) is 17.5 Å². The van der Waals surface area contributed by atoms with Crippen LogP contribution < -0.4 is 5.56 Å². The molecule has 1 fully saturated rings. The van der Waals surface area contributed by atoms with Gasteiger partial charge in [-0.2, -0.15) is 0 Å². The molecule has 0 unspecified atom stereocenters. The molecule has 0 amide bonds. The summed E-state index contributed by atoms with van der Waals surface area (Å²) in [4.78, 5) is 30.1. The Balaban J connectivity index is 2.12. The topological polar surface area (TPSA) is 83.0 Å². The molecule has 5 heteroatoms. The van der Waals surface area contributed by atoms with Crippen molar-refractivity contribution >= 4 is 5.97 Å². The fraction of sp³-hybridized carbons (Fsp3) is 0.688. The van der Waals surface area contributed by atoms with Crippen molar-refractivity contribution in [1.82, 2.24) is 9.97 Å². The number of carboxylic acids is 1. The number of rotatable bonds is 5. The number of aryl methyl sites for hydroxylation is 1. The Labute approximate surface area is 124 Å². The Morgan fingerprint density at radius 2 is 2.00 bits per heavy atom. The number of H-pyrrole nitrogens is 1. The molecule has 0 bridgehead atoms. The van der Waals surface area contributed by atoms with Crippen molar-refractivity contribution in [2.45, 2.75) is 64.7 Å². The summed E-state index contributed by atoms with van der Waals surface area (Å²) in [5, 5.41) is 8.83. The lowest BCUT2D eigenvalue weighted by molar-refractivity contribution is -0.136. The predicted octanol–water partition coefficient (Wildman–Crippen LogP) is 2.78. The third-order valence-electron chi connectivity index (χ3n) is 4.50. The molecule has 2 N–H and O–H groups in total. The largest absolute Gasteiger partial charge is 0.481 e. The summed E-state index contributed by atoms with van der Waals surface area (Å²) in [5.41, 5.74) is 0.522. The number of aliphatic carboxylic acids is 1. The number of nitrogens with zero attached hydrogens (tertiary/aromatic N) is 1. The monoisotopic (exact) mass is 292 g/mol. The highest BCUT2D eigenvalue weighted by molar-refractivity contribution is 5.70. The van der Waals surface area contributed by atoms with Crippen LogP contribution in [-0.4, -0.2) is 21.0 Å². The van der Waals surface area contributed by atoms with Crippen LogP contribution in [-0.2, 0) is 11.2 Å². The lowest BCUT2D eigenvalue weighted by atomic mass is 9.79. The first-order valence-electron chi connectivity index (χ1n) is 7.82. The van der Waals surface area contributed by atoms with E-state index in [1.165, 1.54) is 25.7 Å². The van der Waals surface area contributed by atoms with Crippen LogP contribution in [0.15, 0.2) is 4.79 Å². The minimum absolute atomic E-state index is 0.266. The average Bonchev–Trinajstić information content (AvgIpc) is 2.43. The number of carbonyl (C=O) groups is 1. The maximum Gasteiger partial charge on any atom is 0.308 e. The van der Waals surface area contributed by atoms with Crippen LogP contribution in [0.5, 0.6) is 0 Å². The van der Waals surface area contributed by atoms with Gasteiger partial charge in [0.25, 0.3) is 5.56 Å². The standard InChI is InChI=1S/C16H24N2O3/c1-3-4-11-5-7-12(8-6-11)15-17-10(2)13(9-14(19)20)16(21)18-15/h11-12H,3-9H2,1-2H3,(H,19,20)(H,17,18,21). The molecule has 21 heavy (non-hydrogen) atoms. The molecule has 0 radical (unpaired) electrons. The first-order valence-corrected chi connectivity index (χ1v) is 7.82. The van der Waals surface area contributed by atoms with Crippen LogP contribution in [0, 0.1) is 12.8 Å². The molecule has 2 rings (SSSR count). The van der Waals surface area contributed by atoms with Gasteiger partial charge in [-0.1, -0.05) is 19.8 Å². The van der Waals surface area contributed by atoms with E-state index in [0.29, 0.717) is 11.6 Å². The van der Waals surface area contributed by atoms with Gasteiger partial charge in [0, 0.05) is 17.2 Å². The Morgan fingerprint density at radius 1 is 1.33 bits per heavy atom. The van der Waals surface area contributed by atoms with Crippen LogP contribution in [0.1, 0.15) is 68.4 Å². The summed E-state index contributed by atoms with van der Waals surface area (Å²) in [6.45, 7) is 3.94. The van der Waals surface area contributed by atoms with Gasteiger partial charge in [0.2, 0.25) is 0 Å².